The van der Waals surface area contributed by atoms with Gasteiger partial charge in [0.1, 0.15) is 0 Å². The van der Waals surface area contributed by atoms with Crippen LogP contribution in [0.3, 0.4) is 0 Å². The van der Waals surface area contributed by atoms with Crippen LogP contribution in [0.15, 0.2) is 30.3 Å². The maximum Gasteiger partial charge on any atom is 0.517 e. The van der Waals surface area contributed by atoms with E-state index in [-0.39, 0.29) is 0 Å². The first-order valence-electron chi connectivity index (χ1n) is 4.22. The molecule has 1 aliphatic rings. The molecule has 1 aliphatic heterocycles. The van der Waals surface area contributed by atoms with Crippen LogP contribution in [0.1, 0.15) is 5.56 Å². The van der Waals surface area contributed by atoms with Crippen molar-refractivity contribution < 1.29 is 19.1 Å². The summed E-state index contributed by atoms with van der Waals surface area (Å²) in [4.78, 5) is 21.6. The summed E-state index contributed by atoms with van der Waals surface area (Å²) >= 11 is 0. The Morgan fingerprint density at radius 1 is 1.14 bits per heavy atom. The SMILES string of the molecule is O=C1OC(=O)[C@H](Cc2ccccc2)O1. The Morgan fingerprint density at radius 3 is 2.43 bits per heavy atom. The number of carbonyl (C=O) groups excluding carboxylic acids is 2. The fourth-order valence-corrected chi connectivity index (χ4v) is 1.29. The Kier molecular flexibility index (Phi) is 2.18. The maximum atomic E-state index is 11.0. The predicted octanol–water partition coefficient (Wildman–Crippen LogP) is 1.29. The van der Waals surface area contributed by atoms with Crippen LogP contribution in [-0.4, -0.2) is 18.2 Å². The quantitative estimate of drug-likeness (QED) is 0.523. The molecule has 4 nitrogen and oxygen atoms in total. The van der Waals surface area contributed by atoms with Gasteiger partial charge in [0.2, 0.25) is 6.10 Å². The molecule has 0 aromatic heterocycles. The molecule has 0 saturated carbocycles. The third-order valence-corrected chi connectivity index (χ3v) is 1.95. The van der Waals surface area contributed by atoms with Crippen molar-refractivity contribution >= 4 is 12.1 Å². The number of carbonyl (C=O) groups is 2. The van der Waals surface area contributed by atoms with Crippen molar-refractivity contribution in [2.24, 2.45) is 0 Å². The molecule has 1 heterocycles. The van der Waals surface area contributed by atoms with Crippen molar-refractivity contribution in [2.45, 2.75) is 12.5 Å². The van der Waals surface area contributed by atoms with E-state index in [2.05, 4.69) is 9.47 Å². The normalized spacial score (nSPS) is 20.4. The maximum absolute atomic E-state index is 11.0. The first-order valence-corrected chi connectivity index (χ1v) is 4.22. The van der Waals surface area contributed by atoms with Gasteiger partial charge >= 0.3 is 12.1 Å². The third kappa shape index (κ3) is 1.74. The molecular weight excluding hydrogens is 184 g/mol. The molecular formula is C10H8O4. The summed E-state index contributed by atoms with van der Waals surface area (Å²) in [5, 5.41) is 0. The highest BCUT2D eigenvalue weighted by molar-refractivity contribution is 5.91. The molecule has 1 fully saturated rings. The Labute approximate surface area is 80.4 Å². The Morgan fingerprint density at radius 2 is 1.86 bits per heavy atom. The molecule has 0 unspecified atom stereocenters. The van der Waals surface area contributed by atoms with Crippen LogP contribution >= 0.6 is 0 Å². The highest BCUT2D eigenvalue weighted by atomic mass is 16.8. The molecule has 0 spiro atoms. The fourth-order valence-electron chi connectivity index (χ4n) is 1.29. The van der Waals surface area contributed by atoms with E-state index in [1.165, 1.54) is 0 Å². The minimum Gasteiger partial charge on any atom is -0.418 e. The van der Waals surface area contributed by atoms with Gasteiger partial charge in [-0.15, -0.1) is 0 Å². The van der Waals surface area contributed by atoms with Crippen LogP contribution in [0.5, 0.6) is 0 Å². The zero-order valence-corrected chi connectivity index (χ0v) is 7.30. The minimum absolute atomic E-state index is 0.366. The lowest BCUT2D eigenvalue weighted by Gasteiger charge is -2.03. The number of rotatable bonds is 2. The van der Waals surface area contributed by atoms with Gasteiger partial charge in [0.15, 0.2) is 0 Å². The summed E-state index contributed by atoms with van der Waals surface area (Å²) in [6.07, 6.45) is -1.33. The molecule has 0 bridgehead atoms. The number of cyclic esters (lactones) is 3. The molecule has 0 amide bonds. The van der Waals surface area contributed by atoms with Crippen LogP contribution in [0, 0.1) is 0 Å². The van der Waals surface area contributed by atoms with E-state index in [0.717, 1.165) is 5.56 Å². The van der Waals surface area contributed by atoms with Crippen molar-refractivity contribution in [3.8, 4) is 0 Å². The van der Waals surface area contributed by atoms with Gasteiger partial charge in [-0.05, 0) is 5.56 Å². The Balaban J connectivity index is 2.05. The summed E-state index contributed by atoms with van der Waals surface area (Å²) in [6, 6.07) is 9.32. The van der Waals surface area contributed by atoms with Crippen LogP contribution in [0.25, 0.3) is 0 Å². The number of hydrogen-bond acceptors (Lipinski definition) is 4. The van der Waals surface area contributed by atoms with Crippen LogP contribution in [0.4, 0.5) is 4.79 Å². The van der Waals surface area contributed by atoms with Gasteiger partial charge in [-0.1, -0.05) is 30.3 Å². The molecule has 1 saturated heterocycles. The summed E-state index contributed by atoms with van der Waals surface area (Å²) < 4.78 is 8.91. The molecule has 1 atom stereocenters. The summed E-state index contributed by atoms with van der Waals surface area (Å²) in [5.41, 5.74) is 0.934. The fraction of sp³-hybridized carbons (Fsp3) is 0.200. The Hall–Kier alpha value is -1.84. The van der Waals surface area contributed by atoms with E-state index in [9.17, 15) is 9.59 Å². The molecule has 1 aromatic carbocycles. The molecule has 0 aliphatic carbocycles. The largest absolute Gasteiger partial charge is 0.517 e. The molecule has 4 heteroatoms. The molecule has 14 heavy (non-hydrogen) atoms. The van der Waals surface area contributed by atoms with E-state index >= 15 is 0 Å². The number of benzene rings is 1. The van der Waals surface area contributed by atoms with Crippen molar-refractivity contribution in [1.29, 1.82) is 0 Å². The zero-order valence-electron chi connectivity index (χ0n) is 7.30. The second-order valence-corrected chi connectivity index (χ2v) is 2.97. The van der Waals surface area contributed by atoms with Crippen molar-refractivity contribution in [3.63, 3.8) is 0 Å². The number of esters is 1. The van der Waals surface area contributed by atoms with Gasteiger partial charge < -0.3 is 9.47 Å². The van der Waals surface area contributed by atoms with E-state index in [4.69, 9.17) is 0 Å². The zero-order chi connectivity index (χ0) is 9.97. The van der Waals surface area contributed by atoms with Gasteiger partial charge in [0, 0.05) is 6.42 Å². The van der Waals surface area contributed by atoms with E-state index in [1.807, 2.05) is 30.3 Å². The van der Waals surface area contributed by atoms with Crippen molar-refractivity contribution in [2.75, 3.05) is 0 Å². The summed E-state index contributed by atoms with van der Waals surface area (Å²) in [7, 11) is 0. The van der Waals surface area contributed by atoms with E-state index in [0.29, 0.717) is 6.42 Å². The van der Waals surface area contributed by atoms with Gasteiger partial charge in [0.05, 0.1) is 0 Å². The lowest BCUT2D eigenvalue weighted by atomic mass is 10.1. The van der Waals surface area contributed by atoms with Crippen LogP contribution in [-0.2, 0) is 20.7 Å². The smallest absolute Gasteiger partial charge is 0.418 e. The van der Waals surface area contributed by atoms with Crippen LogP contribution in [0.2, 0.25) is 0 Å². The lowest BCUT2D eigenvalue weighted by Crippen LogP contribution is -2.18. The second kappa shape index (κ2) is 3.49. The first kappa shape index (κ1) is 8.74. The average molecular weight is 192 g/mol. The predicted molar refractivity (Wildman–Crippen MR) is 46.5 cm³/mol. The van der Waals surface area contributed by atoms with Crippen molar-refractivity contribution in [3.05, 3.63) is 35.9 Å². The standard InChI is InChI=1S/C10H8O4/c11-9-8(13-10(12)14-9)6-7-4-2-1-3-5-7/h1-5,8H,6H2/t8-/m0/s1. The lowest BCUT2D eigenvalue weighted by molar-refractivity contribution is -0.136. The monoisotopic (exact) mass is 192 g/mol. The number of ether oxygens (including phenoxy) is 2. The summed E-state index contributed by atoms with van der Waals surface area (Å²) in [6.45, 7) is 0. The Bertz CT molecular complexity index is 358. The van der Waals surface area contributed by atoms with Gasteiger partial charge in [-0.2, -0.15) is 0 Å². The number of hydrogen-bond donors (Lipinski definition) is 0. The summed E-state index contributed by atoms with van der Waals surface area (Å²) in [5.74, 6) is -0.612. The highest BCUT2D eigenvalue weighted by Gasteiger charge is 2.34. The second-order valence-electron chi connectivity index (χ2n) is 2.97. The van der Waals surface area contributed by atoms with E-state index in [1.54, 1.807) is 0 Å². The molecule has 72 valence electrons. The average Bonchev–Trinajstić information content (AvgIpc) is 2.47. The molecule has 1 aromatic rings. The van der Waals surface area contributed by atoms with Crippen LogP contribution < -0.4 is 0 Å². The molecule has 0 radical (unpaired) electrons. The minimum atomic E-state index is -0.907. The molecule has 2 rings (SSSR count). The van der Waals surface area contributed by atoms with Gasteiger partial charge in [-0.25, -0.2) is 9.59 Å². The third-order valence-electron chi connectivity index (χ3n) is 1.95. The van der Waals surface area contributed by atoms with Gasteiger partial charge in [-0.3, -0.25) is 0 Å². The van der Waals surface area contributed by atoms with Crippen molar-refractivity contribution in [1.82, 2.24) is 0 Å². The van der Waals surface area contributed by atoms with Gasteiger partial charge in [0.25, 0.3) is 0 Å². The topological polar surface area (TPSA) is 52.6 Å². The van der Waals surface area contributed by atoms with E-state index < -0.39 is 18.2 Å². The first-order chi connectivity index (χ1) is 6.75. The molecule has 0 N–H and O–H groups in total. The highest BCUT2D eigenvalue weighted by Crippen LogP contribution is 2.13.